The third-order valence-corrected chi connectivity index (χ3v) is 5.56. The summed E-state index contributed by atoms with van der Waals surface area (Å²) in [6.07, 6.45) is 0.634. The van der Waals surface area contributed by atoms with Crippen molar-refractivity contribution in [3.63, 3.8) is 0 Å². The Morgan fingerprint density at radius 2 is 1.91 bits per heavy atom. The Kier molecular flexibility index (Phi) is 5.52. The number of benzene rings is 1. The molecular weight excluding hydrogens is 308 g/mol. The minimum Gasteiger partial charge on any atom is -0.481 e. The summed E-state index contributed by atoms with van der Waals surface area (Å²) < 4.78 is 27.4. The number of nitrogens with zero attached hydrogens (tertiary/aromatic N) is 2. The van der Waals surface area contributed by atoms with Gasteiger partial charge in [0.25, 0.3) is 0 Å². The lowest BCUT2D eigenvalue weighted by Crippen LogP contribution is -2.47. The highest BCUT2D eigenvalue weighted by Gasteiger charge is 2.35. The summed E-state index contributed by atoms with van der Waals surface area (Å²) in [6, 6.07) is 9.14. The molecule has 7 nitrogen and oxygen atoms in total. The standard InChI is InChI=1S/C14H20N2O5S/c1-21-16(11-12-5-3-2-4-6-12)22(19,20)15-9-7-13(8-10-15)14(17)18/h2-6,13H,7-11H2,1H3,(H,17,18). The number of carboxylic acid groups (broad SMARTS) is 1. The first-order chi connectivity index (χ1) is 10.4. The Hall–Kier alpha value is -1.48. The second kappa shape index (κ2) is 7.19. The fourth-order valence-corrected chi connectivity index (χ4v) is 3.87. The van der Waals surface area contributed by atoms with Crippen LogP contribution in [0.15, 0.2) is 30.3 Å². The highest BCUT2D eigenvalue weighted by Crippen LogP contribution is 2.22. The molecule has 0 radical (unpaired) electrons. The molecule has 0 amide bonds. The maximum absolute atomic E-state index is 12.6. The van der Waals surface area contributed by atoms with E-state index in [0.717, 1.165) is 10.0 Å². The van der Waals surface area contributed by atoms with Crippen LogP contribution in [0.3, 0.4) is 0 Å². The highest BCUT2D eigenvalue weighted by atomic mass is 32.2. The summed E-state index contributed by atoms with van der Waals surface area (Å²) in [6.45, 7) is 0.487. The molecule has 22 heavy (non-hydrogen) atoms. The van der Waals surface area contributed by atoms with Crippen LogP contribution in [0.25, 0.3) is 0 Å². The normalized spacial score (nSPS) is 17.7. The van der Waals surface area contributed by atoms with Gasteiger partial charge < -0.3 is 5.11 Å². The number of hydrogen-bond acceptors (Lipinski definition) is 4. The van der Waals surface area contributed by atoms with E-state index < -0.39 is 22.1 Å². The minimum atomic E-state index is -3.77. The van der Waals surface area contributed by atoms with Gasteiger partial charge in [-0.15, -0.1) is 0 Å². The van der Waals surface area contributed by atoms with Gasteiger partial charge in [-0.25, -0.2) is 0 Å². The highest BCUT2D eigenvalue weighted by molar-refractivity contribution is 7.86. The third-order valence-electron chi connectivity index (χ3n) is 3.74. The van der Waals surface area contributed by atoms with E-state index in [1.807, 2.05) is 30.3 Å². The van der Waals surface area contributed by atoms with E-state index in [9.17, 15) is 13.2 Å². The van der Waals surface area contributed by atoms with Crippen LogP contribution in [0.5, 0.6) is 0 Å². The molecule has 0 bridgehead atoms. The van der Waals surface area contributed by atoms with E-state index in [4.69, 9.17) is 9.94 Å². The number of carbonyl (C=O) groups is 1. The lowest BCUT2D eigenvalue weighted by Gasteiger charge is -2.32. The fourth-order valence-electron chi connectivity index (χ4n) is 2.44. The Morgan fingerprint density at radius 3 is 2.41 bits per heavy atom. The summed E-state index contributed by atoms with van der Waals surface area (Å²) in [5.41, 5.74) is 0.813. The Labute approximate surface area is 130 Å². The molecule has 0 atom stereocenters. The summed E-state index contributed by atoms with van der Waals surface area (Å²) in [5, 5.41) is 8.97. The molecule has 122 valence electrons. The molecule has 0 saturated carbocycles. The average Bonchev–Trinajstić information content (AvgIpc) is 2.53. The van der Waals surface area contributed by atoms with Crippen LogP contribution in [0, 0.1) is 5.92 Å². The third kappa shape index (κ3) is 3.83. The van der Waals surface area contributed by atoms with E-state index in [2.05, 4.69) is 0 Å². The Morgan fingerprint density at radius 1 is 1.32 bits per heavy atom. The molecule has 1 fully saturated rings. The molecule has 1 heterocycles. The molecule has 0 spiro atoms. The van der Waals surface area contributed by atoms with Crippen molar-refractivity contribution in [3.8, 4) is 0 Å². The van der Waals surface area contributed by atoms with Crippen molar-refractivity contribution in [2.45, 2.75) is 19.4 Å². The first-order valence-electron chi connectivity index (χ1n) is 7.04. The first kappa shape index (κ1) is 16.9. The van der Waals surface area contributed by atoms with Gasteiger partial charge in [-0.1, -0.05) is 34.8 Å². The molecule has 1 aliphatic heterocycles. The summed E-state index contributed by atoms with van der Waals surface area (Å²) >= 11 is 0. The molecule has 0 aromatic heterocycles. The predicted octanol–water partition coefficient (Wildman–Crippen LogP) is 1.09. The number of piperidine rings is 1. The van der Waals surface area contributed by atoms with E-state index in [1.54, 1.807) is 0 Å². The van der Waals surface area contributed by atoms with E-state index >= 15 is 0 Å². The SMILES string of the molecule is CON(Cc1ccccc1)S(=O)(=O)N1CCC(C(=O)O)CC1. The summed E-state index contributed by atoms with van der Waals surface area (Å²) in [5.74, 6) is -1.35. The molecule has 1 N–H and O–H groups in total. The zero-order valence-corrected chi connectivity index (χ0v) is 13.2. The second-order valence-corrected chi connectivity index (χ2v) is 6.97. The first-order valence-corrected chi connectivity index (χ1v) is 8.43. The van der Waals surface area contributed by atoms with Crippen LogP contribution in [-0.2, 0) is 26.4 Å². The van der Waals surface area contributed by atoms with Gasteiger partial charge in [-0.2, -0.15) is 12.7 Å². The van der Waals surface area contributed by atoms with Crippen molar-refractivity contribution < 1.29 is 23.2 Å². The molecular formula is C14H20N2O5S. The molecule has 1 aromatic rings. The topological polar surface area (TPSA) is 87.2 Å². The van der Waals surface area contributed by atoms with Gasteiger partial charge in [0.1, 0.15) is 0 Å². The Balaban J connectivity index is 2.06. The zero-order valence-electron chi connectivity index (χ0n) is 12.4. The van der Waals surface area contributed by atoms with E-state index in [1.165, 1.54) is 11.4 Å². The molecule has 1 aromatic carbocycles. The number of aliphatic carboxylic acids is 1. The van der Waals surface area contributed by atoms with Crippen molar-refractivity contribution in [2.75, 3.05) is 20.2 Å². The monoisotopic (exact) mass is 328 g/mol. The van der Waals surface area contributed by atoms with Crippen LogP contribution in [0.2, 0.25) is 0 Å². The van der Waals surface area contributed by atoms with Crippen LogP contribution < -0.4 is 0 Å². The molecule has 0 unspecified atom stereocenters. The van der Waals surface area contributed by atoms with Crippen LogP contribution >= 0.6 is 0 Å². The molecule has 2 rings (SSSR count). The number of hydrogen-bond donors (Lipinski definition) is 1. The minimum absolute atomic E-state index is 0.110. The van der Waals surface area contributed by atoms with Crippen molar-refractivity contribution >= 4 is 16.2 Å². The maximum atomic E-state index is 12.6. The average molecular weight is 328 g/mol. The van der Waals surface area contributed by atoms with E-state index in [-0.39, 0.29) is 19.6 Å². The van der Waals surface area contributed by atoms with Crippen molar-refractivity contribution in [1.82, 2.24) is 8.77 Å². The smallest absolute Gasteiger partial charge is 0.306 e. The van der Waals surface area contributed by atoms with Crippen molar-refractivity contribution in [2.24, 2.45) is 5.92 Å². The van der Waals surface area contributed by atoms with Gasteiger partial charge in [0.05, 0.1) is 19.6 Å². The number of rotatable bonds is 6. The quantitative estimate of drug-likeness (QED) is 0.790. The molecule has 8 heteroatoms. The maximum Gasteiger partial charge on any atom is 0.306 e. The van der Waals surface area contributed by atoms with Gasteiger partial charge in [0, 0.05) is 13.1 Å². The van der Waals surface area contributed by atoms with E-state index in [0.29, 0.717) is 12.8 Å². The van der Waals surface area contributed by atoms with Crippen molar-refractivity contribution in [1.29, 1.82) is 0 Å². The van der Waals surface area contributed by atoms with Gasteiger partial charge in [-0.3, -0.25) is 9.63 Å². The van der Waals surface area contributed by atoms with Gasteiger partial charge in [0.15, 0.2) is 0 Å². The van der Waals surface area contributed by atoms with Crippen LogP contribution in [0.1, 0.15) is 18.4 Å². The summed E-state index contributed by atoms with van der Waals surface area (Å²) in [4.78, 5) is 16.0. The van der Waals surface area contributed by atoms with Crippen LogP contribution in [0.4, 0.5) is 0 Å². The second-order valence-electron chi connectivity index (χ2n) is 5.15. The molecule has 0 aliphatic carbocycles. The number of carboxylic acids is 1. The predicted molar refractivity (Wildman–Crippen MR) is 79.8 cm³/mol. The molecule has 1 aliphatic rings. The summed E-state index contributed by atoms with van der Waals surface area (Å²) in [7, 11) is -2.46. The van der Waals surface area contributed by atoms with Gasteiger partial charge in [-0.05, 0) is 18.4 Å². The fraction of sp³-hybridized carbons (Fsp3) is 0.500. The van der Waals surface area contributed by atoms with Crippen molar-refractivity contribution in [3.05, 3.63) is 35.9 Å². The largest absolute Gasteiger partial charge is 0.481 e. The van der Waals surface area contributed by atoms with Gasteiger partial charge in [0.2, 0.25) is 0 Å². The zero-order chi connectivity index (χ0) is 16.2. The lowest BCUT2D eigenvalue weighted by molar-refractivity contribution is -0.143. The number of hydroxylamine groups is 1. The molecule has 1 saturated heterocycles. The van der Waals surface area contributed by atoms with Crippen LogP contribution in [-0.4, -0.2) is 48.5 Å². The van der Waals surface area contributed by atoms with Gasteiger partial charge >= 0.3 is 16.2 Å². The Bertz CT molecular complexity index is 597. The lowest BCUT2D eigenvalue weighted by atomic mass is 9.99.